The van der Waals surface area contributed by atoms with E-state index < -0.39 is 6.10 Å². The lowest BCUT2D eigenvalue weighted by Crippen LogP contribution is -2.32. The van der Waals surface area contributed by atoms with Crippen molar-refractivity contribution in [3.8, 4) is 0 Å². The zero-order chi connectivity index (χ0) is 26.6. The van der Waals surface area contributed by atoms with Crippen molar-refractivity contribution >= 4 is 0 Å². The van der Waals surface area contributed by atoms with Crippen molar-refractivity contribution in [1.29, 1.82) is 0 Å². The van der Waals surface area contributed by atoms with Crippen LogP contribution in [-0.4, -0.2) is 61.6 Å². The molecule has 6 unspecified atom stereocenters. The van der Waals surface area contributed by atoms with Crippen LogP contribution in [0.25, 0.3) is 0 Å². The van der Waals surface area contributed by atoms with Gasteiger partial charge in [0, 0.05) is 7.11 Å². The molecule has 0 aromatic rings. The number of methoxy groups -OCH3 is 1. The second-order valence-electron chi connectivity index (χ2n) is 10.9. The van der Waals surface area contributed by atoms with Gasteiger partial charge < -0.3 is 24.1 Å². The van der Waals surface area contributed by atoms with Crippen LogP contribution < -0.4 is 0 Å². The molecule has 1 N–H and O–H groups in total. The van der Waals surface area contributed by atoms with Crippen LogP contribution in [0.4, 0.5) is 0 Å². The highest BCUT2D eigenvalue weighted by atomic mass is 16.5. The molecule has 0 saturated heterocycles. The molecule has 37 heavy (non-hydrogen) atoms. The van der Waals surface area contributed by atoms with Crippen LogP contribution in [0.15, 0.2) is 72.4 Å². The van der Waals surface area contributed by atoms with Gasteiger partial charge in [0.25, 0.3) is 0 Å². The fraction of sp³-hybridized carbons (Fsp3) is 0.625. The Morgan fingerprint density at radius 3 is 2.59 bits per heavy atom. The van der Waals surface area contributed by atoms with E-state index in [2.05, 4.69) is 69.9 Å². The Hall–Kier alpha value is -1.76. The van der Waals surface area contributed by atoms with Crippen LogP contribution in [0.2, 0.25) is 0 Å². The maximum atomic E-state index is 10.6. The fourth-order valence-corrected chi connectivity index (χ4v) is 5.34. The molecule has 0 aromatic heterocycles. The minimum Gasteiger partial charge on any atom is -0.389 e. The van der Waals surface area contributed by atoms with Gasteiger partial charge in [0.15, 0.2) is 0 Å². The second kappa shape index (κ2) is 15.6. The number of hydrogen-bond donors (Lipinski definition) is 1. The van der Waals surface area contributed by atoms with Crippen molar-refractivity contribution in [1.82, 2.24) is 0 Å². The van der Waals surface area contributed by atoms with Gasteiger partial charge in [0.2, 0.25) is 0 Å². The number of rotatable bonds is 4. The molecule has 0 radical (unpaired) electrons. The van der Waals surface area contributed by atoms with E-state index in [9.17, 15) is 5.11 Å². The molecule has 8 atom stereocenters. The lowest BCUT2D eigenvalue weighted by molar-refractivity contribution is -0.0519. The molecule has 5 nitrogen and oxygen atoms in total. The van der Waals surface area contributed by atoms with Crippen molar-refractivity contribution < 1.29 is 24.1 Å². The van der Waals surface area contributed by atoms with Crippen LogP contribution in [0.5, 0.6) is 0 Å². The predicted molar refractivity (Wildman–Crippen MR) is 150 cm³/mol. The van der Waals surface area contributed by atoms with Crippen LogP contribution >= 0.6 is 0 Å². The molecular formula is C32H48O5. The van der Waals surface area contributed by atoms with Crippen LogP contribution in [0.3, 0.4) is 0 Å². The summed E-state index contributed by atoms with van der Waals surface area (Å²) in [5.41, 5.74) is 2.42. The van der Waals surface area contributed by atoms with E-state index in [-0.39, 0.29) is 36.6 Å². The van der Waals surface area contributed by atoms with E-state index in [4.69, 9.17) is 18.9 Å². The van der Waals surface area contributed by atoms with Crippen LogP contribution in [-0.2, 0) is 18.9 Å². The molecule has 0 amide bonds. The lowest BCUT2D eigenvalue weighted by atomic mass is 9.91. The molecule has 3 aliphatic heterocycles. The normalized spacial score (nSPS) is 37.4. The van der Waals surface area contributed by atoms with Crippen molar-refractivity contribution in [2.75, 3.05) is 13.7 Å². The first kappa shape index (κ1) is 29.8. The van der Waals surface area contributed by atoms with E-state index in [1.165, 1.54) is 5.57 Å². The first-order valence-electron chi connectivity index (χ1n) is 14.0. The summed E-state index contributed by atoms with van der Waals surface area (Å²) in [5, 5.41) is 10.6. The molecule has 0 aromatic carbocycles. The summed E-state index contributed by atoms with van der Waals surface area (Å²) >= 11 is 0. The average Bonchev–Trinajstić information content (AvgIpc) is 2.83. The Balaban J connectivity index is 1.73. The summed E-state index contributed by atoms with van der Waals surface area (Å²) in [7, 11) is 1.71. The summed E-state index contributed by atoms with van der Waals surface area (Å²) in [6.07, 6.45) is 23.9. The quantitative estimate of drug-likeness (QED) is 0.441. The first-order chi connectivity index (χ1) is 17.8. The zero-order valence-electron chi connectivity index (χ0n) is 23.3. The van der Waals surface area contributed by atoms with Crippen molar-refractivity contribution in [2.45, 2.75) is 108 Å². The van der Waals surface area contributed by atoms with E-state index in [1.54, 1.807) is 7.11 Å². The largest absolute Gasteiger partial charge is 0.389 e. The summed E-state index contributed by atoms with van der Waals surface area (Å²) < 4.78 is 24.5. The van der Waals surface area contributed by atoms with Crippen LogP contribution in [0, 0.1) is 5.92 Å². The molecule has 206 valence electrons. The maximum Gasteiger partial charge on any atom is 0.102 e. The molecule has 0 fully saturated rings. The number of ether oxygens (including phenoxy) is 4. The van der Waals surface area contributed by atoms with Gasteiger partial charge in [-0.2, -0.15) is 0 Å². The molecule has 2 bridgehead atoms. The predicted octanol–water partition coefficient (Wildman–Crippen LogP) is 6.41. The molecule has 3 heterocycles. The topological polar surface area (TPSA) is 57.2 Å². The van der Waals surface area contributed by atoms with Crippen LogP contribution in [0.1, 0.15) is 65.7 Å². The molecule has 5 heteroatoms. The highest BCUT2D eigenvalue weighted by molar-refractivity contribution is 5.10. The van der Waals surface area contributed by atoms with Gasteiger partial charge in [-0.25, -0.2) is 0 Å². The molecule has 0 spiro atoms. The van der Waals surface area contributed by atoms with Crippen molar-refractivity contribution in [3.63, 3.8) is 0 Å². The van der Waals surface area contributed by atoms with Gasteiger partial charge in [-0.1, -0.05) is 79.3 Å². The fourth-order valence-electron chi connectivity index (χ4n) is 5.34. The Kier molecular flexibility index (Phi) is 12.6. The number of fused-ring (bicyclic) bond motifs is 2. The van der Waals surface area contributed by atoms with E-state index in [0.29, 0.717) is 25.4 Å². The number of hydrogen-bond acceptors (Lipinski definition) is 5. The van der Waals surface area contributed by atoms with Gasteiger partial charge in [0.05, 0.1) is 43.2 Å². The molecule has 3 rings (SSSR count). The Morgan fingerprint density at radius 2 is 1.81 bits per heavy atom. The summed E-state index contributed by atoms with van der Waals surface area (Å²) in [4.78, 5) is 0. The summed E-state index contributed by atoms with van der Waals surface area (Å²) in [6, 6.07) is 0. The highest BCUT2D eigenvalue weighted by Crippen LogP contribution is 2.26. The van der Waals surface area contributed by atoms with Gasteiger partial charge in [-0.3, -0.25) is 0 Å². The molecule has 3 aliphatic rings. The molecule has 0 aliphatic carbocycles. The highest BCUT2D eigenvalue weighted by Gasteiger charge is 2.23. The van der Waals surface area contributed by atoms with Gasteiger partial charge in [-0.05, 0) is 64.7 Å². The third kappa shape index (κ3) is 10.9. The minimum absolute atomic E-state index is 0.0531. The Labute approximate surface area is 224 Å². The lowest BCUT2D eigenvalue weighted by Gasteiger charge is -2.28. The second-order valence-corrected chi connectivity index (χ2v) is 10.9. The summed E-state index contributed by atoms with van der Waals surface area (Å²) in [6.45, 7) is 11.3. The monoisotopic (exact) mass is 512 g/mol. The SMILES string of the molecule is C=C1CC(O)/C=C/CC(C(/C=C/[C@@H]2CC(C)=CCO2)OC)OC(C)/C=C\C[C@@H]2C=CCC(CC(C)C1)O2. The van der Waals surface area contributed by atoms with Crippen molar-refractivity contribution in [2.24, 2.45) is 5.92 Å². The zero-order valence-corrected chi connectivity index (χ0v) is 23.3. The Bertz CT molecular complexity index is 853. The Morgan fingerprint density at radius 1 is 1.03 bits per heavy atom. The molecular weight excluding hydrogens is 464 g/mol. The van der Waals surface area contributed by atoms with E-state index >= 15 is 0 Å². The summed E-state index contributed by atoms with van der Waals surface area (Å²) in [5.74, 6) is 0.467. The van der Waals surface area contributed by atoms with Crippen molar-refractivity contribution in [3.05, 3.63) is 72.4 Å². The van der Waals surface area contributed by atoms with E-state index in [0.717, 1.165) is 37.7 Å². The van der Waals surface area contributed by atoms with Gasteiger partial charge >= 0.3 is 0 Å². The first-order valence-corrected chi connectivity index (χ1v) is 14.0. The third-order valence-corrected chi connectivity index (χ3v) is 7.23. The third-order valence-electron chi connectivity index (χ3n) is 7.23. The number of aliphatic hydroxyl groups excluding tert-OH is 1. The van der Waals surface area contributed by atoms with Gasteiger partial charge in [-0.15, -0.1) is 0 Å². The smallest absolute Gasteiger partial charge is 0.102 e. The average molecular weight is 513 g/mol. The minimum atomic E-state index is -0.559. The molecule has 0 saturated carbocycles. The van der Waals surface area contributed by atoms with E-state index in [1.807, 2.05) is 12.2 Å². The van der Waals surface area contributed by atoms with Gasteiger partial charge in [0.1, 0.15) is 6.10 Å². The maximum absolute atomic E-state index is 10.6. The standard InChI is InChI=1S/C32H48O5/c1-23-17-18-35-29(21-23)15-16-31(34-5)32-14-7-10-27(33)20-24(2)19-25(3)22-30-13-8-12-28(37-30)11-6-9-26(4)36-32/h6-10,12,15-17,25-33H,2,11,13-14,18-22H2,1,3-5H3/b9-6-,10-7+,16-15+/t25?,26?,27?,28-,29-,30?,31?,32?/m1/s1. The number of aliphatic hydroxyl groups is 1.